The first kappa shape index (κ1) is 23.2. The Balaban J connectivity index is 1.71. The van der Waals surface area contributed by atoms with Crippen LogP contribution in [-0.4, -0.2) is 51.9 Å². The van der Waals surface area contributed by atoms with Crippen molar-refractivity contribution in [3.8, 4) is 5.69 Å². The molecule has 0 saturated carbocycles. The molecule has 0 aliphatic rings. The highest BCUT2D eigenvalue weighted by Crippen LogP contribution is 2.19. The van der Waals surface area contributed by atoms with Gasteiger partial charge in [0.25, 0.3) is 0 Å². The van der Waals surface area contributed by atoms with E-state index in [9.17, 15) is 17.6 Å². The fourth-order valence-electron chi connectivity index (χ4n) is 3.03. The molecular weight excluding hydrogens is 435 g/mol. The highest BCUT2D eigenvalue weighted by Gasteiger charge is 2.21. The van der Waals surface area contributed by atoms with Gasteiger partial charge in [0.1, 0.15) is 11.5 Å². The number of tetrazole rings is 1. The van der Waals surface area contributed by atoms with Gasteiger partial charge in [-0.05, 0) is 59.3 Å². The Morgan fingerprint density at radius 2 is 1.84 bits per heavy atom. The zero-order valence-electron chi connectivity index (χ0n) is 17.9. The van der Waals surface area contributed by atoms with Crippen molar-refractivity contribution in [2.75, 3.05) is 18.4 Å². The molecule has 1 amide bonds. The van der Waals surface area contributed by atoms with E-state index in [2.05, 4.69) is 20.8 Å². The van der Waals surface area contributed by atoms with Crippen molar-refractivity contribution < 1.29 is 17.6 Å². The first-order valence-corrected chi connectivity index (χ1v) is 11.3. The second-order valence-corrected chi connectivity index (χ2v) is 8.72. The number of aromatic nitrogens is 4. The van der Waals surface area contributed by atoms with E-state index in [1.165, 1.54) is 45.4 Å². The quantitative estimate of drug-likeness (QED) is 0.520. The van der Waals surface area contributed by atoms with E-state index in [1.807, 2.05) is 0 Å². The van der Waals surface area contributed by atoms with E-state index < -0.39 is 21.7 Å². The van der Waals surface area contributed by atoms with Gasteiger partial charge in [-0.2, -0.15) is 8.99 Å². The third-order valence-corrected chi connectivity index (χ3v) is 6.78. The van der Waals surface area contributed by atoms with Crippen molar-refractivity contribution in [3.05, 3.63) is 65.7 Å². The number of amides is 1. The Kier molecular flexibility index (Phi) is 7.11. The first-order valence-electron chi connectivity index (χ1n) is 9.90. The predicted octanol–water partition coefficient (Wildman–Crippen LogP) is 2.79. The summed E-state index contributed by atoms with van der Waals surface area (Å²) in [6.07, 6.45) is 2.86. The largest absolute Gasteiger partial charge is 0.322 e. The van der Waals surface area contributed by atoms with Crippen molar-refractivity contribution in [1.29, 1.82) is 0 Å². The number of aryl methyl sites for hydroxylation is 1. The highest BCUT2D eigenvalue weighted by atomic mass is 32.2. The summed E-state index contributed by atoms with van der Waals surface area (Å²) in [5, 5.41) is 13.6. The van der Waals surface area contributed by atoms with E-state index in [0.29, 0.717) is 30.2 Å². The Hall–Kier alpha value is -3.44. The molecule has 32 heavy (non-hydrogen) atoms. The van der Waals surface area contributed by atoms with Crippen LogP contribution in [0.25, 0.3) is 11.8 Å². The highest BCUT2D eigenvalue weighted by molar-refractivity contribution is 7.89. The smallest absolute Gasteiger partial charge is 0.248 e. The van der Waals surface area contributed by atoms with E-state index in [0.717, 1.165) is 0 Å². The number of nitrogens with zero attached hydrogens (tertiary/aromatic N) is 5. The van der Waals surface area contributed by atoms with Crippen LogP contribution in [0.2, 0.25) is 0 Å². The van der Waals surface area contributed by atoms with Crippen LogP contribution in [0.4, 0.5) is 10.1 Å². The monoisotopic (exact) mass is 458 g/mol. The van der Waals surface area contributed by atoms with Crippen molar-refractivity contribution >= 4 is 27.7 Å². The van der Waals surface area contributed by atoms with Crippen molar-refractivity contribution in [3.63, 3.8) is 0 Å². The van der Waals surface area contributed by atoms with E-state index >= 15 is 0 Å². The van der Waals surface area contributed by atoms with Crippen LogP contribution in [0.1, 0.15) is 25.2 Å². The van der Waals surface area contributed by atoms with Gasteiger partial charge in [0.15, 0.2) is 5.82 Å². The van der Waals surface area contributed by atoms with Gasteiger partial charge in [-0.15, -0.1) is 5.10 Å². The average molecular weight is 459 g/mol. The minimum atomic E-state index is -3.54. The number of carbonyl (C=O) groups excluding carboxylic acids is 1. The van der Waals surface area contributed by atoms with Gasteiger partial charge >= 0.3 is 0 Å². The number of hydrogen-bond acceptors (Lipinski definition) is 6. The van der Waals surface area contributed by atoms with Crippen molar-refractivity contribution in [1.82, 2.24) is 24.5 Å². The predicted molar refractivity (Wildman–Crippen MR) is 118 cm³/mol. The van der Waals surface area contributed by atoms with Crippen LogP contribution in [0, 0.1) is 12.7 Å². The zero-order valence-corrected chi connectivity index (χ0v) is 18.7. The van der Waals surface area contributed by atoms with Gasteiger partial charge < -0.3 is 5.32 Å². The maximum Gasteiger partial charge on any atom is 0.248 e. The second kappa shape index (κ2) is 9.79. The maximum atomic E-state index is 14.1. The number of hydrogen-bond donors (Lipinski definition) is 1. The molecule has 3 aromatic rings. The molecule has 0 aliphatic heterocycles. The summed E-state index contributed by atoms with van der Waals surface area (Å²) in [6, 6.07) is 10.3. The summed E-state index contributed by atoms with van der Waals surface area (Å²) in [4.78, 5) is 12.5. The molecule has 0 aliphatic carbocycles. The standard InChI is InChI=1S/C21H23FN6O3S/c1-4-27(5-2)32(30,31)18-10-6-16(7-11-18)8-13-21(29)23-17-9-12-19(22)20(14-17)28-15(3)24-25-26-28/h6-14H,4-5H2,1-3H3,(H,23,29)/b13-8+. The van der Waals surface area contributed by atoms with Gasteiger partial charge in [-0.3, -0.25) is 4.79 Å². The molecule has 0 unspecified atom stereocenters. The van der Waals surface area contributed by atoms with Crippen LogP contribution >= 0.6 is 0 Å². The van der Waals surface area contributed by atoms with Crippen LogP contribution in [0.3, 0.4) is 0 Å². The molecule has 1 aromatic heterocycles. The Morgan fingerprint density at radius 3 is 2.44 bits per heavy atom. The van der Waals surface area contributed by atoms with Gasteiger partial charge in [-0.25, -0.2) is 12.8 Å². The summed E-state index contributed by atoms with van der Waals surface area (Å²) >= 11 is 0. The molecule has 9 nitrogen and oxygen atoms in total. The lowest BCUT2D eigenvalue weighted by Crippen LogP contribution is -2.30. The second-order valence-electron chi connectivity index (χ2n) is 6.79. The molecule has 168 valence electrons. The Labute approximate surface area is 185 Å². The molecular formula is C21H23FN6O3S. The summed E-state index contributed by atoms with van der Waals surface area (Å²) in [5.74, 6) is -0.566. The summed E-state index contributed by atoms with van der Waals surface area (Å²) < 4.78 is 41.8. The average Bonchev–Trinajstić information content (AvgIpc) is 3.20. The lowest BCUT2D eigenvalue weighted by atomic mass is 10.2. The molecule has 0 fully saturated rings. The zero-order chi connectivity index (χ0) is 23.3. The van der Waals surface area contributed by atoms with E-state index in [-0.39, 0.29) is 10.6 Å². The normalized spacial score (nSPS) is 11.9. The molecule has 11 heteroatoms. The number of anilines is 1. The maximum absolute atomic E-state index is 14.1. The molecule has 0 bridgehead atoms. The van der Waals surface area contributed by atoms with Crippen molar-refractivity contribution in [2.24, 2.45) is 0 Å². The molecule has 1 heterocycles. The fourth-order valence-corrected chi connectivity index (χ4v) is 4.48. The lowest BCUT2D eigenvalue weighted by molar-refractivity contribution is -0.111. The molecule has 0 saturated heterocycles. The van der Waals surface area contributed by atoms with E-state index in [1.54, 1.807) is 39.0 Å². The Morgan fingerprint density at radius 1 is 1.16 bits per heavy atom. The van der Waals surface area contributed by atoms with Gasteiger partial charge in [0.2, 0.25) is 15.9 Å². The van der Waals surface area contributed by atoms with Gasteiger partial charge in [0, 0.05) is 24.9 Å². The minimum Gasteiger partial charge on any atom is -0.322 e. The number of sulfonamides is 1. The molecule has 0 radical (unpaired) electrons. The van der Waals surface area contributed by atoms with Crippen LogP contribution in [-0.2, 0) is 14.8 Å². The molecule has 3 rings (SSSR count). The topological polar surface area (TPSA) is 110 Å². The molecule has 1 N–H and O–H groups in total. The van der Waals surface area contributed by atoms with Crippen LogP contribution in [0.5, 0.6) is 0 Å². The third-order valence-electron chi connectivity index (χ3n) is 4.72. The summed E-state index contributed by atoms with van der Waals surface area (Å²) in [6.45, 7) is 5.97. The molecule has 0 spiro atoms. The van der Waals surface area contributed by atoms with Crippen molar-refractivity contribution in [2.45, 2.75) is 25.7 Å². The van der Waals surface area contributed by atoms with E-state index in [4.69, 9.17) is 0 Å². The number of carbonyl (C=O) groups is 1. The Bertz CT molecular complexity index is 1230. The number of halogens is 1. The number of nitrogens with one attached hydrogen (secondary N) is 1. The van der Waals surface area contributed by atoms with Gasteiger partial charge in [0.05, 0.1) is 4.90 Å². The fraction of sp³-hybridized carbons (Fsp3) is 0.238. The lowest BCUT2D eigenvalue weighted by Gasteiger charge is -2.18. The minimum absolute atomic E-state index is 0.110. The van der Waals surface area contributed by atoms with Gasteiger partial charge in [-0.1, -0.05) is 26.0 Å². The first-order chi connectivity index (χ1) is 15.3. The molecule has 0 atom stereocenters. The van der Waals surface area contributed by atoms with Crippen LogP contribution < -0.4 is 5.32 Å². The SMILES string of the molecule is CCN(CC)S(=O)(=O)c1ccc(/C=C/C(=O)Nc2ccc(F)c(-n3nnnc3C)c2)cc1. The number of benzene rings is 2. The summed E-state index contributed by atoms with van der Waals surface area (Å²) in [5.41, 5.74) is 1.13. The summed E-state index contributed by atoms with van der Waals surface area (Å²) in [7, 11) is -3.54. The van der Waals surface area contributed by atoms with Crippen LogP contribution in [0.15, 0.2) is 53.4 Å². The third kappa shape index (κ3) is 5.06. The molecule has 2 aromatic carbocycles. The number of rotatable bonds is 8.